The van der Waals surface area contributed by atoms with Gasteiger partial charge in [-0.2, -0.15) is 4.39 Å². The van der Waals surface area contributed by atoms with Gasteiger partial charge in [-0.1, -0.05) is 11.6 Å². The molecule has 1 atom stereocenters. The summed E-state index contributed by atoms with van der Waals surface area (Å²) < 4.78 is 23.7. The minimum absolute atomic E-state index is 0.0145. The smallest absolute Gasteiger partial charge is 0.375 e. The molecule has 1 aromatic heterocycles. The molecule has 0 fully saturated rings. The van der Waals surface area contributed by atoms with Gasteiger partial charge in [-0.3, -0.25) is 14.9 Å². The largest absolute Gasteiger partial charge is 0.449 e. The van der Waals surface area contributed by atoms with Crippen molar-refractivity contribution in [1.82, 2.24) is 0 Å². The molecule has 0 aliphatic rings. The van der Waals surface area contributed by atoms with Crippen molar-refractivity contribution < 1.29 is 28.1 Å². The average molecular weight is 407 g/mol. The van der Waals surface area contributed by atoms with E-state index in [-0.39, 0.29) is 11.4 Å². The van der Waals surface area contributed by atoms with Crippen molar-refractivity contribution >= 4 is 45.8 Å². The van der Waals surface area contributed by atoms with Crippen molar-refractivity contribution in [3.05, 3.63) is 69.2 Å². The summed E-state index contributed by atoms with van der Waals surface area (Å²) in [6.45, 7) is 1.31. The number of nitro benzene ring substituents is 1. The maximum absolute atomic E-state index is 13.3. The number of amides is 1. The van der Waals surface area contributed by atoms with Gasteiger partial charge in [0.2, 0.25) is 11.6 Å². The molecular weight excluding hydrogens is 395 g/mol. The van der Waals surface area contributed by atoms with Crippen LogP contribution in [0.25, 0.3) is 11.0 Å². The van der Waals surface area contributed by atoms with Gasteiger partial charge in [0.15, 0.2) is 6.10 Å². The van der Waals surface area contributed by atoms with E-state index in [2.05, 4.69) is 5.32 Å². The number of nitrogens with zero attached hydrogens (tertiary/aromatic N) is 1. The zero-order valence-electron chi connectivity index (χ0n) is 14.3. The monoisotopic (exact) mass is 406 g/mol. The van der Waals surface area contributed by atoms with Crippen LogP contribution >= 0.6 is 11.6 Å². The summed E-state index contributed by atoms with van der Waals surface area (Å²) in [6.07, 6.45) is -1.24. The van der Waals surface area contributed by atoms with Gasteiger partial charge >= 0.3 is 11.7 Å². The molecule has 0 aliphatic carbocycles. The van der Waals surface area contributed by atoms with Gasteiger partial charge in [-0.05, 0) is 43.3 Å². The Hall–Kier alpha value is -3.46. The van der Waals surface area contributed by atoms with E-state index in [1.54, 1.807) is 18.2 Å². The molecule has 8 nitrogen and oxygen atoms in total. The summed E-state index contributed by atoms with van der Waals surface area (Å²) in [6, 6.07) is 9.09. The summed E-state index contributed by atoms with van der Waals surface area (Å²) in [5.74, 6) is -2.78. The van der Waals surface area contributed by atoms with Crippen LogP contribution < -0.4 is 5.32 Å². The number of halogens is 2. The van der Waals surface area contributed by atoms with E-state index in [9.17, 15) is 24.1 Å². The lowest BCUT2D eigenvalue weighted by atomic mass is 10.2. The molecule has 1 amide bonds. The van der Waals surface area contributed by atoms with Gasteiger partial charge in [0.25, 0.3) is 5.91 Å². The number of carbonyl (C=O) groups is 2. The maximum Gasteiger partial charge on any atom is 0.375 e. The minimum atomic E-state index is -1.24. The number of esters is 1. The molecule has 2 aromatic carbocycles. The quantitative estimate of drug-likeness (QED) is 0.383. The Morgan fingerprint density at radius 2 is 2.00 bits per heavy atom. The Morgan fingerprint density at radius 1 is 1.25 bits per heavy atom. The first-order valence-corrected chi connectivity index (χ1v) is 8.27. The van der Waals surface area contributed by atoms with Gasteiger partial charge in [-0.25, -0.2) is 4.79 Å². The number of nitrogens with one attached hydrogen (secondary N) is 1. The van der Waals surface area contributed by atoms with E-state index in [0.29, 0.717) is 16.0 Å². The predicted molar refractivity (Wildman–Crippen MR) is 97.8 cm³/mol. The van der Waals surface area contributed by atoms with Gasteiger partial charge < -0.3 is 14.5 Å². The Kier molecular flexibility index (Phi) is 5.27. The van der Waals surface area contributed by atoms with E-state index >= 15 is 0 Å². The van der Waals surface area contributed by atoms with Crippen LogP contribution in [0.3, 0.4) is 0 Å². The van der Waals surface area contributed by atoms with Crippen LogP contribution in [0.1, 0.15) is 17.5 Å². The highest BCUT2D eigenvalue weighted by atomic mass is 35.5. The Morgan fingerprint density at radius 3 is 2.71 bits per heavy atom. The van der Waals surface area contributed by atoms with Crippen molar-refractivity contribution in [2.75, 3.05) is 5.32 Å². The Bertz CT molecular complexity index is 1100. The molecule has 0 bridgehead atoms. The van der Waals surface area contributed by atoms with Gasteiger partial charge in [0.05, 0.1) is 4.92 Å². The summed E-state index contributed by atoms with van der Waals surface area (Å²) in [4.78, 5) is 34.2. The van der Waals surface area contributed by atoms with Crippen molar-refractivity contribution in [3.8, 4) is 0 Å². The standard InChI is InChI=1S/C18H12ClFN2O6/c1-9(17(23)21-12-3-4-13(20)14(8-12)22(25)26)27-18(24)16-7-10-6-11(19)2-5-15(10)28-16/h2-9H,1H3,(H,21,23). The van der Waals surface area contributed by atoms with Crippen molar-refractivity contribution in [3.63, 3.8) is 0 Å². The van der Waals surface area contributed by atoms with E-state index < -0.39 is 34.4 Å². The lowest BCUT2D eigenvalue weighted by Crippen LogP contribution is -2.29. The second kappa shape index (κ2) is 7.65. The highest BCUT2D eigenvalue weighted by Gasteiger charge is 2.23. The third kappa shape index (κ3) is 4.09. The van der Waals surface area contributed by atoms with Gasteiger partial charge in [-0.15, -0.1) is 0 Å². The number of nitro groups is 1. The van der Waals surface area contributed by atoms with Crippen LogP contribution in [0.5, 0.6) is 0 Å². The minimum Gasteiger partial charge on any atom is -0.449 e. The molecule has 0 radical (unpaired) electrons. The number of rotatable bonds is 5. The highest BCUT2D eigenvalue weighted by molar-refractivity contribution is 6.31. The molecule has 28 heavy (non-hydrogen) atoms. The number of ether oxygens (including phenoxy) is 1. The van der Waals surface area contributed by atoms with Gasteiger partial charge in [0.1, 0.15) is 5.58 Å². The lowest BCUT2D eigenvalue weighted by molar-refractivity contribution is -0.387. The van der Waals surface area contributed by atoms with Crippen LogP contribution in [-0.2, 0) is 9.53 Å². The first-order valence-electron chi connectivity index (χ1n) is 7.89. The number of carbonyl (C=O) groups excluding carboxylic acids is 2. The first-order chi connectivity index (χ1) is 13.2. The van der Waals surface area contributed by atoms with E-state index in [0.717, 1.165) is 18.2 Å². The van der Waals surface area contributed by atoms with Crippen LogP contribution in [0.4, 0.5) is 15.8 Å². The third-order valence-corrected chi connectivity index (χ3v) is 3.98. The summed E-state index contributed by atoms with van der Waals surface area (Å²) in [5.41, 5.74) is -0.380. The zero-order valence-corrected chi connectivity index (χ0v) is 15.0. The number of benzene rings is 2. The molecule has 10 heteroatoms. The van der Waals surface area contributed by atoms with E-state index in [4.69, 9.17) is 20.8 Å². The van der Waals surface area contributed by atoms with Crippen molar-refractivity contribution in [2.24, 2.45) is 0 Å². The average Bonchev–Trinajstić information content (AvgIpc) is 3.06. The van der Waals surface area contributed by atoms with Crippen LogP contribution in [0, 0.1) is 15.9 Å². The zero-order chi connectivity index (χ0) is 20.4. The van der Waals surface area contributed by atoms with Crippen LogP contribution in [0.15, 0.2) is 46.9 Å². The molecule has 144 valence electrons. The fraction of sp³-hybridized carbons (Fsp3) is 0.111. The van der Waals surface area contributed by atoms with Crippen LogP contribution in [-0.4, -0.2) is 22.9 Å². The summed E-state index contributed by atoms with van der Waals surface area (Å²) in [7, 11) is 0. The molecule has 3 rings (SSSR count). The molecule has 0 saturated carbocycles. The molecule has 0 saturated heterocycles. The lowest BCUT2D eigenvalue weighted by Gasteiger charge is -2.12. The number of hydrogen-bond donors (Lipinski definition) is 1. The van der Waals surface area contributed by atoms with Gasteiger partial charge in [0, 0.05) is 22.2 Å². The number of hydrogen-bond acceptors (Lipinski definition) is 6. The first kappa shape index (κ1) is 19.3. The Balaban J connectivity index is 1.68. The summed E-state index contributed by atoms with van der Waals surface area (Å²) >= 11 is 5.87. The van der Waals surface area contributed by atoms with Crippen LogP contribution in [0.2, 0.25) is 5.02 Å². The normalized spacial score (nSPS) is 11.8. The third-order valence-electron chi connectivity index (χ3n) is 3.74. The fourth-order valence-corrected chi connectivity index (χ4v) is 2.54. The molecular formula is C18H12ClFN2O6. The highest BCUT2D eigenvalue weighted by Crippen LogP contribution is 2.24. The second-order valence-electron chi connectivity index (χ2n) is 5.75. The predicted octanol–water partition coefficient (Wildman–Crippen LogP) is 4.32. The van der Waals surface area contributed by atoms with E-state index in [1.807, 2.05) is 0 Å². The topological polar surface area (TPSA) is 112 Å². The molecule has 3 aromatic rings. The number of anilines is 1. The fourth-order valence-electron chi connectivity index (χ4n) is 2.36. The molecule has 1 heterocycles. The van der Waals surface area contributed by atoms with E-state index in [1.165, 1.54) is 13.0 Å². The Labute approximate surface area is 162 Å². The number of furan rings is 1. The summed E-state index contributed by atoms with van der Waals surface area (Å²) in [5, 5.41) is 14.1. The molecule has 0 spiro atoms. The number of fused-ring (bicyclic) bond motifs is 1. The van der Waals surface area contributed by atoms with Crippen molar-refractivity contribution in [1.29, 1.82) is 0 Å². The SMILES string of the molecule is CC(OC(=O)c1cc2cc(Cl)ccc2o1)C(=O)Nc1ccc(F)c([N+](=O)[O-])c1. The second-order valence-corrected chi connectivity index (χ2v) is 6.19. The molecule has 1 unspecified atom stereocenters. The maximum atomic E-state index is 13.3. The molecule has 0 aliphatic heterocycles. The van der Waals surface area contributed by atoms with Crippen molar-refractivity contribution in [2.45, 2.75) is 13.0 Å². The molecule has 1 N–H and O–H groups in total.